The fourth-order valence-corrected chi connectivity index (χ4v) is 2.87. The van der Waals surface area contributed by atoms with Gasteiger partial charge in [-0.2, -0.15) is 0 Å². The molecule has 1 aliphatic heterocycles. The van der Waals surface area contributed by atoms with E-state index in [1.165, 1.54) is 5.56 Å². The average Bonchev–Trinajstić information content (AvgIpc) is 2.79. The maximum atomic E-state index is 12.5. The molecule has 1 aromatic carbocycles. The third-order valence-corrected chi connectivity index (χ3v) is 3.97. The number of likely N-dealkylation sites (N-methyl/N-ethyl adjacent to an activating group) is 1. The number of nitrogens with one attached hydrogen (secondary N) is 1. The van der Waals surface area contributed by atoms with Gasteiger partial charge < -0.3 is 10.4 Å². The van der Waals surface area contributed by atoms with Crippen molar-refractivity contribution in [2.75, 3.05) is 26.7 Å². The summed E-state index contributed by atoms with van der Waals surface area (Å²) in [6.07, 6.45) is 2.63. The van der Waals surface area contributed by atoms with Crippen LogP contribution in [-0.2, 0) is 11.2 Å². The lowest BCUT2D eigenvalue weighted by atomic mass is 9.87. The van der Waals surface area contributed by atoms with Gasteiger partial charge in [0.2, 0.25) is 5.91 Å². The molecule has 1 saturated heterocycles. The normalized spacial score (nSPS) is 23.5. The first-order valence-electron chi connectivity index (χ1n) is 6.83. The summed E-state index contributed by atoms with van der Waals surface area (Å²) in [5.41, 5.74) is 0.715. The molecular formula is C15H22N2O2. The van der Waals surface area contributed by atoms with E-state index in [0.717, 1.165) is 25.8 Å². The Labute approximate surface area is 114 Å². The Morgan fingerprint density at radius 2 is 2.16 bits per heavy atom. The molecule has 1 atom stereocenters. The number of amides is 1. The number of benzene rings is 1. The van der Waals surface area contributed by atoms with Crippen molar-refractivity contribution in [2.45, 2.75) is 24.8 Å². The zero-order valence-electron chi connectivity index (χ0n) is 11.4. The minimum atomic E-state index is -0.462. The van der Waals surface area contributed by atoms with Crippen molar-refractivity contribution >= 4 is 5.91 Å². The highest BCUT2D eigenvalue weighted by Crippen LogP contribution is 2.31. The second kappa shape index (κ2) is 6.17. The lowest BCUT2D eigenvalue weighted by molar-refractivity contribution is -0.131. The summed E-state index contributed by atoms with van der Waals surface area (Å²) >= 11 is 0. The number of hydrogen-bond donors (Lipinski definition) is 2. The molecule has 1 heterocycles. The molecule has 1 fully saturated rings. The highest BCUT2D eigenvalue weighted by Gasteiger charge is 2.45. The Morgan fingerprint density at radius 3 is 2.74 bits per heavy atom. The van der Waals surface area contributed by atoms with Crippen molar-refractivity contribution in [2.24, 2.45) is 0 Å². The van der Waals surface area contributed by atoms with Crippen molar-refractivity contribution in [1.29, 1.82) is 0 Å². The molecule has 0 spiro atoms. The summed E-state index contributed by atoms with van der Waals surface area (Å²) in [5, 5.41) is 11.7. The molecule has 0 aliphatic carbocycles. The predicted molar refractivity (Wildman–Crippen MR) is 74.8 cm³/mol. The van der Waals surface area contributed by atoms with Gasteiger partial charge in [-0.3, -0.25) is 9.69 Å². The van der Waals surface area contributed by atoms with Gasteiger partial charge in [-0.15, -0.1) is 0 Å². The third kappa shape index (κ3) is 2.96. The Hall–Kier alpha value is -1.39. The van der Waals surface area contributed by atoms with Crippen LogP contribution >= 0.6 is 0 Å². The molecule has 104 valence electrons. The van der Waals surface area contributed by atoms with E-state index in [0.29, 0.717) is 6.54 Å². The van der Waals surface area contributed by atoms with Crippen LogP contribution in [-0.4, -0.2) is 48.2 Å². The van der Waals surface area contributed by atoms with E-state index in [4.69, 9.17) is 5.11 Å². The maximum absolute atomic E-state index is 12.5. The average molecular weight is 262 g/mol. The number of rotatable bonds is 5. The molecule has 1 unspecified atom stereocenters. The molecule has 0 saturated carbocycles. The molecule has 4 heteroatoms. The fourth-order valence-electron chi connectivity index (χ4n) is 2.87. The molecule has 19 heavy (non-hydrogen) atoms. The molecule has 0 aromatic heterocycles. The number of aliphatic hydroxyl groups is 1. The largest absolute Gasteiger partial charge is 0.395 e. The molecule has 4 nitrogen and oxygen atoms in total. The summed E-state index contributed by atoms with van der Waals surface area (Å²) in [7, 11) is 2.01. The first-order chi connectivity index (χ1) is 9.19. The van der Waals surface area contributed by atoms with Crippen molar-refractivity contribution in [3.05, 3.63) is 35.9 Å². The quantitative estimate of drug-likeness (QED) is 0.825. The molecule has 2 rings (SSSR count). The van der Waals surface area contributed by atoms with Gasteiger partial charge in [-0.25, -0.2) is 0 Å². The van der Waals surface area contributed by atoms with E-state index in [-0.39, 0.29) is 12.5 Å². The van der Waals surface area contributed by atoms with E-state index < -0.39 is 5.54 Å². The highest BCUT2D eigenvalue weighted by atomic mass is 16.3. The first kappa shape index (κ1) is 14.0. The zero-order chi connectivity index (χ0) is 13.7. The summed E-state index contributed by atoms with van der Waals surface area (Å²) in [4.78, 5) is 14.6. The van der Waals surface area contributed by atoms with Crippen LogP contribution < -0.4 is 5.32 Å². The number of carbonyl (C=O) groups excluding carboxylic acids is 1. The van der Waals surface area contributed by atoms with Crippen LogP contribution in [0.3, 0.4) is 0 Å². The van der Waals surface area contributed by atoms with E-state index in [9.17, 15) is 4.79 Å². The lowest BCUT2D eigenvalue weighted by Gasteiger charge is -2.35. The minimum absolute atomic E-state index is 0.0170. The summed E-state index contributed by atoms with van der Waals surface area (Å²) in [6.45, 7) is 1.25. The van der Waals surface area contributed by atoms with Crippen molar-refractivity contribution in [3.63, 3.8) is 0 Å². The van der Waals surface area contributed by atoms with Crippen LogP contribution in [0.2, 0.25) is 0 Å². The third-order valence-electron chi connectivity index (χ3n) is 3.97. The summed E-state index contributed by atoms with van der Waals surface area (Å²) in [5.74, 6) is 0.0328. The SMILES string of the molecule is CN1CCCC1(Cc1ccccc1)C(=O)NCCO. The monoisotopic (exact) mass is 262 g/mol. The van der Waals surface area contributed by atoms with Crippen LogP contribution in [0.1, 0.15) is 18.4 Å². The minimum Gasteiger partial charge on any atom is -0.395 e. The highest BCUT2D eigenvalue weighted by molar-refractivity contribution is 5.87. The van der Waals surface area contributed by atoms with Crippen LogP contribution in [0.25, 0.3) is 0 Å². The molecular weight excluding hydrogens is 240 g/mol. The Bertz CT molecular complexity index is 421. The summed E-state index contributed by atoms with van der Waals surface area (Å²) < 4.78 is 0. The van der Waals surface area contributed by atoms with Crippen LogP contribution in [0.15, 0.2) is 30.3 Å². The fraction of sp³-hybridized carbons (Fsp3) is 0.533. The molecule has 0 bridgehead atoms. The second-order valence-electron chi connectivity index (χ2n) is 5.20. The molecule has 1 aromatic rings. The van der Waals surface area contributed by atoms with Gasteiger partial charge in [-0.05, 0) is 38.4 Å². The topological polar surface area (TPSA) is 52.6 Å². The number of aliphatic hydroxyl groups excluding tert-OH is 1. The van der Waals surface area contributed by atoms with Gasteiger partial charge in [-0.1, -0.05) is 30.3 Å². The number of hydrogen-bond acceptors (Lipinski definition) is 3. The molecule has 0 radical (unpaired) electrons. The lowest BCUT2D eigenvalue weighted by Crippen LogP contribution is -2.56. The van der Waals surface area contributed by atoms with Crippen molar-refractivity contribution < 1.29 is 9.90 Å². The van der Waals surface area contributed by atoms with Crippen LogP contribution in [0, 0.1) is 0 Å². The number of likely N-dealkylation sites (tertiary alicyclic amines) is 1. The molecule has 1 amide bonds. The van der Waals surface area contributed by atoms with Crippen LogP contribution in [0.4, 0.5) is 0 Å². The Balaban J connectivity index is 2.18. The van der Waals surface area contributed by atoms with Crippen LogP contribution in [0.5, 0.6) is 0 Å². The van der Waals surface area contributed by atoms with Gasteiger partial charge in [0.1, 0.15) is 5.54 Å². The smallest absolute Gasteiger partial charge is 0.240 e. The Morgan fingerprint density at radius 1 is 1.42 bits per heavy atom. The van der Waals surface area contributed by atoms with Gasteiger partial charge in [0, 0.05) is 6.54 Å². The Kier molecular flexibility index (Phi) is 4.56. The molecule has 2 N–H and O–H groups in total. The van der Waals surface area contributed by atoms with E-state index in [1.54, 1.807) is 0 Å². The first-order valence-corrected chi connectivity index (χ1v) is 6.83. The van der Waals surface area contributed by atoms with Crippen molar-refractivity contribution in [1.82, 2.24) is 10.2 Å². The van der Waals surface area contributed by atoms with Crippen molar-refractivity contribution in [3.8, 4) is 0 Å². The van der Waals surface area contributed by atoms with Gasteiger partial charge in [0.05, 0.1) is 6.61 Å². The number of carbonyl (C=O) groups is 1. The maximum Gasteiger partial charge on any atom is 0.240 e. The van der Waals surface area contributed by atoms with Gasteiger partial charge in [0.25, 0.3) is 0 Å². The number of nitrogens with zero attached hydrogens (tertiary/aromatic N) is 1. The predicted octanol–water partition coefficient (Wildman–Crippen LogP) is 0.802. The van der Waals surface area contributed by atoms with Gasteiger partial charge in [0.15, 0.2) is 0 Å². The second-order valence-corrected chi connectivity index (χ2v) is 5.20. The standard InChI is InChI=1S/C15H22N2O2/c1-17-10-5-8-15(17,14(19)16-9-11-18)12-13-6-3-2-4-7-13/h2-4,6-7,18H,5,8-12H2,1H3,(H,16,19). The molecule has 1 aliphatic rings. The zero-order valence-corrected chi connectivity index (χ0v) is 11.4. The van der Waals surface area contributed by atoms with Gasteiger partial charge >= 0.3 is 0 Å². The van der Waals surface area contributed by atoms with E-state index >= 15 is 0 Å². The van der Waals surface area contributed by atoms with E-state index in [2.05, 4.69) is 22.3 Å². The van der Waals surface area contributed by atoms with E-state index in [1.807, 2.05) is 25.2 Å². The summed E-state index contributed by atoms with van der Waals surface area (Å²) in [6, 6.07) is 10.1.